The van der Waals surface area contributed by atoms with Crippen LogP contribution in [0.15, 0.2) is 146 Å². The molecule has 3 aromatic heterocycles. The van der Waals surface area contributed by atoms with E-state index < -0.39 is 0 Å². The first-order valence-electron chi connectivity index (χ1n) is 12.9. The molecule has 7 rings (SSSR count). The molecule has 0 fully saturated rings. The number of hydrogen-bond acceptors (Lipinski definition) is 4. The monoisotopic (exact) mass is 536 g/mol. The first-order chi connectivity index (χ1) is 19.3. The molecular formula is C35H24N2S2. The van der Waals surface area contributed by atoms with E-state index in [9.17, 15) is 0 Å². The van der Waals surface area contributed by atoms with Gasteiger partial charge in [-0.15, -0.1) is 22.7 Å². The molecule has 0 unspecified atom stereocenters. The van der Waals surface area contributed by atoms with E-state index in [-0.39, 0.29) is 0 Å². The second kappa shape index (κ2) is 10.3. The highest BCUT2D eigenvalue weighted by molar-refractivity contribution is 7.27. The van der Waals surface area contributed by atoms with Crippen LogP contribution in [-0.2, 0) is 0 Å². The van der Waals surface area contributed by atoms with Gasteiger partial charge in [-0.1, -0.05) is 60.7 Å². The van der Waals surface area contributed by atoms with Gasteiger partial charge in [-0.25, -0.2) is 0 Å². The highest BCUT2D eigenvalue weighted by Crippen LogP contribution is 2.41. The zero-order valence-electron chi connectivity index (χ0n) is 21.1. The minimum atomic E-state index is 1.14. The zero-order valence-corrected chi connectivity index (χ0v) is 22.7. The molecule has 186 valence electrons. The molecule has 0 amide bonds. The van der Waals surface area contributed by atoms with E-state index in [1.165, 1.54) is 41.4 Å². The van der Waals surface area contributed by atoms with Gasteiger partial charge in [0.2, 0.25) is 0 Å². The van der Waals surface area contributed by atoms with Gasteiger partial charge in [0.25, 0.3) is 0 Å². The molecule has 0 bridgehead atoms. The number of aromatic nitrogens is 1. The number of benzene rings is 4. The Bertz CT molecular complexity index is 1800. The standard InChI is InChI=1S/C35H24N2S2/c1-3-7-29(8-4-1)37(30-9-5-2-6-10-30)31-15-13-25(14-16-31)27-11-12-28-24-35(39-34(28)23-27)33-18-17-32(38-33)26-19-21-36-22-20-26/h1-24H. The third-order valence-corrected chi connectivity index (χ3v) is 9.25. The van der Waals surface area contributed by atoms with Gasteiger partial charge in [0.05, 0.1) is 0 Å². The third kappa shape index (κ3) is 4.76. The summed E-state index contributed by atoms with van der Waals surface area (Å²) >= 11 is 3.69. The number of nitrogens with zero attached hydrogens (tertiary/aromatic N) is 2. The number of pyridine rings is 1. The van der Waals surface area contributed by atoms with Crippen molar-refractivity contribution >= 4 is 49.8 Å². The van der Waals surface area contributed by atoms with Crippen LogP contribution in [-0.4, -0.2) is 4.98 Å². The average Bonchev–Trinajstić information content (AvgIpc) is 3.67. The van der Waals surface area contributed by atoms with E-state index in [0.29, 0.717) is 0 Å². The maximum atomic E-state index is 4.14. The number of para-hydroxylation sites is 2. The lowest BCUT2D eigenvalue weighted by Crippen LogP contribution is -2.09. The molecule has 0 aliphatic heterocycles. The van der Waals surface area contributed by atoms with Gasteiger partial charge in [0, 0.05) is 48.8 Å². The van der Waals surface area contributed by atoms with E-state index >= 15 is 0 Å². The Balaban J connectivity index is 1.19. The van der Waals surface area contributed by atoms with Gasteiger partial charge < -0.3 is 4.90 Å². The van der Waals surface area contributed by atoms with Crippen molar-refractivity contribution in [2.75, 3.05) is 4.90 Å². The first kappa shape index (κ1) is 23.6. The third-order valence-electron chi connectivity index (χ3n) is 6.82. The van der Waals surface area contributed by atoms with Crippen LogP contribution in [0.3, 0.4) is 0 Å². The molecule has 0 aliphatic rings. The number of anilines is 3. The summed E-state index contributed by atoms with van der Waals surface area (Å²) in [5.41, 5.74) is 7.09. The Kier molecular flexibility index (Phi) is 6.25. The Morgan fingerprint density at radius 2 is 1.05 bits per heavy atom. The van der Waals surface area contributed by atoms with E-state index in [2.05, 4.69) is 143 Å². The van der Waals surface area contributed by atoms with Crippen molar-refractivity contribution in [1.29, 1.82) is 0 Å². The van der Waals surface area contributed by atoms with Crippen molar-refractivity contribution in [3.63, 3.8) is 0 Å². The summed E-state index contributed by atoms with van der Waals surface area (Å²) < 4.78 is 1.31. The van der Waals surface area contributed by atoms with E-state index in [4.69, 9.17) is 0 Å². The van der Waals surface area contributed by atoms with Crippen molar-refractivity contribution in [2.45, 2.75) is 0 Å². The summed E-state index contributed by atoms with van der Waals surface area (Å²) in [5.74, 6) is 0. The molecule has 3 heterocycles. The van der Waals surface area contributed by atoms with Gasteiger partial charge in [-0.3, -0.25) is 4.98 Å². The normalized spacial score (nSPS) is 11.1. The highest BCUT2D eigenvalue weighted by atomic mass is 32.1. The minimum Gasteiger partial charge on any atom is -0.311 e. The van der Waals surface area contributed by atoms with Crippen LogP contribution in [0.4, 0.5) is 17.1 Å². The van der Waals surface area contributed by atoms with Crippen molar-refractivity contribution in [2.24, 2.45) is 0 Å². The maximum Gasteiger partial charge on any atom is 0.0462 e. The largest absolute Gasteiger partial charge is 0.311 e. The van der Waals surface area contributed by atoms with Crippen LogP contribution in [0, 0.1) is 0 Å². The van der Waals surface area contributed by atoms with Gasteiger partial charge in [0.15, 0.2) is 0 Å². The molecular weight excluding hydrogens is 513 g/mol. The molecule has 0 spiro atoms. The number of fused-ring (bicyclic) bond motifs is 1. The summed E-state index contributed by atoms with van der Waals surface area (Å²) in [6.07, 6.45) is 3.70. The van der Waals surface area contributed by atoms with Gasteiger partial charge in [0.1, 0.15) is 0 Å². The van der Waals surface area contributed by atoms with Crippen LogP contribution in [0.5, 0.6) is 0 Å². The molecule has 0 radical (unpaired) electrons. The zero-order chi connectivity index (χ0) is 26.0. The van der Waals surface area contributed by atoms with Crippen LogP contribution in [0.1, 0.15) is 0 Å². The van der Waals surface area contributed by atoms with Crippen molar-refractivity contribution in [3.05, 3.63) is 146 Å². The van der Waals surface area contributed by atoms with E-state index in [1.807, 2.05) is 35.1 Å². The van der Waals surface area contributed by atoms with Gasteiger partial charge in [-0.05, 0) is 94.9 Å². The Hall–Kier alpha value is -4.51. The van der Waals surface area contributed by atoms with Crippen LogP contribution in [0.2, 0.25) is 0 Å². The second-order valence-corrected chi connectivity index (χ2v) is 11.5. The second-order valence-electron chi connectivity index (χ2n) is 9.32. The lowest BCUT2D eigenvalue weighted by Gasteiger charge is -2.25. The van der Waals surface area contributed by atoms with E-state index in [0.717, 1.165) is 17.1 Å². The summed E-state index contributed by atoms with van der Waals surface area (Å²) in [7, 11) is 0. The van der Waals surface area contributed by atoms with Gasteiger partial charge in [-0.2, -0.15) is 0 Å². The minimum absolute atomic E-state index is 1.14. The Morgan fingerprint density at radius 3 is 1.74 bits per heavy atom. The summed E-state index contributed by atoms with van der Waals surface area (Å²) in [5, 5.41) is 1.29. The molecule has 0 atom stereocenters. The molecule has 0 N–H and O–H groups in total. The Morgan fingerprint density at radius 1 is 0.436 bits per heavy atom. The lowest BCUT2D eigenvalue weighted by atomic mass is 10.0. The van der Waals surface area contributed by atoms with Crippen molar-refractivity contribution < 1.29 is 0 Å². The predicted molar refractivity (Wildman–Crippen MR) is 168 cm³/mol. The molecule has 0 saturated heterocycles. The quantitative estimate of drug-likeness (QED) is 0.210. The Labute approximate surface area is 236 Å². The van der Waals surface area contributed by atoms with E-state index in [1.54, 1.807) is 0 Å². The molecule has 4 heteroatoms. The topological polar surface area (TPSA) is 16.1 Å². The summed E-state index contributed by atoms with van der Waals surface area (Å²) in [6.45, 7) is 0. The molecule has 7 aromatic rings. The maximum absolute atomic E-state index is 4.14. The molecule has 0 saturated carbocycles. The summed E-state index contributed by atoms with van der Waals surface area (Å²) in [6, 6.07) is 47.6. The van der Waals surface area contributed by atoms with Crippen LogP contribution in [0.25, 0.3) is 41.4 Å². The van der Waals surface area contributed by atoms with Crippen LogP contribution >= 0.6 is 22.7 Å². The first-order valence-corrected chi connectivity index (χ1v) is 14.5. The number of hydrogen-bond donors (Lipinski definition) is 0. The van der Waals surface area contributed by atoms with Crippen molar-refractivity contribution in [3.8, 4) is 31.3 Å². The molecule has 4 aromatic carbocycles. The van der Waals surface area contributed by atoms with Gasteiger partial charge >= 0.3 is 0 Å². The molecule has 2 nitrogen and oxygen atoms in total. The van der Waals surface area contributed by atoms with Crippen molar-refractivity contribution in [1.82, 2.24) is 4.98 Å². The highest BCUT2D eigenvalue weighted by Gasteiger charge is 2.13. The number of thiophene rings is 2. The number of rotatable bonds is 6. The van der Waals surface area contributed by atoms with Crippen LogP contribution < -0.4 is 4.90 Å². The predicted octanol–water partition coefficient (Wildman–Crippen LogP) is 10.8. The fourth-order valence-corrected chi connectivity index (χ4v) is 7.07. The lowest BCUT2D eigenvalue weighted by molar-refractivity contribution is 1.28. The summed E-state index contributed by atoms with van der Waals surface area (Å²) in [4.78, 5) is 10.3. The molecule has 39 heavy (non-hydrogen) atoms. The molecule has 0 aliphatic carbocycles. The fraction of sp³-hybridized carbons (Fsp3) is 0. The SMILES string of the molecule is c1ccc(N(c2ccccc2)c2ccc(-c3ccc4cc(-c5ccc(-c6ccncc6)s5)sc4c3)cc2)cc1. The fourth-order valence-electron chi connectivity index (χ4n) is 4.88. The average molecular weight is 537 g/mol. The smallest absolute Gasteiger partial charge is 0.0462 e.